The predicted octanol–water partition coefficient (Wildman–Crippen LogP) is 3.97. The molecule has 4 rings (SSSR count). The van der Waals surface area contributed by atoms with Crippen molar-refractivity contribution in [1.82, 2.24) is 9.88 Å². The number of esters is 1. The van der Waals surface area contributed by atoms with E-state index >= 15 is 0 Å². The number of aromatic nitrogens is 1. The van der Waals surface area contributed by atoms with Gasteiger partial charge in [-0.3, -0.25) is 19.5 Å². The van der Waals surface area contributed by atoms with Crippen LogP contribution >= 0.6 is 12.2 Å². The number of anilines is 2. The van der Waals surface area contributed by atoms with Crippen molar-refractivity contribution < 1.29 is 23.5 Å². The number of nitrogens with one attached hydrogen (secondary N) is 1. The summed E-state index contributed by atoms with van der Waals surface area (Å²) < 4.78 is 18.2. The topological polar surface area (TPSA) is 91.8 Å². The number of benzene rings is 2. The molecule has 1 unspecified atom stereocenters. The zero-order valence-corrected chi connectivity index (χ0v) is 20.9. The zero-order chi connectivity index (χ0) is 26.4. The van der Waals surface area contributed by atoms with Gasteiger partial charge < -0.3 is 15.0 Å². The molecule has 3 aromatic rings. The van der Waals surface area contributed by atoms with Gasteiger partial charge in [0.05, 0.1) is 24.3 Å². The predicted molar refractivity (Wildman–Crippen MR) is 141 cm³/mol. The summed E-state index contributed by atoms with van der Waals surface area (Å²) in [5.74, 6) is -1.63. The molecule has 10 heteroatoms. The molecule has 2 amide bonds. The molecule has 2 heterocycles. The molecule has 1 fully saturated rings. The number of carbonyl (C=O) groups excluding carboxylic acids is 3. The van der Waals surface area contributed by atoms with Gasteiger partial charge in [-0.15, -0.1) is 0 Å². The number of ether oxygens (including phenoxy) is 1. The highest BCUT2D eigenvalue weighted by Gasteiger charge is 2.44. The smallest absolute Gasteiger partial charge is 0.338 e. The summed E-state index contributed by atoms with van der Waals surface area (Å²) in [5, 5.41) is 2.97. The molecule has 37 heavy (non-hydrogen) atoms. The fourth-order valence-corrected chi connectivity index (χ4v) is 4.42. The van der Waals surface area contributed by atoms with Gasteiger partial charge in [-0.25, -0.2) is 9.18 Å². The second-order valence-corrected chi connectivity index (χ2v) is 8.66. The Morgan fingerprint density at radius 2 is 1.73 bits per heavy atom. The highest BCUT2D eigenvalue weighted by molar-refractivity contribution is 7.80. The fourth-order valence-electron chi connectivity index (χ4n) is 4.01. The van der Waals surface area contributed by atoms with E-state index in [1.807, 2.05) is 12.1 Å². The van der Waals surface area contributed by atoms with Gasteiger partial charge in [0.15, 0.2) is 5.11 Å². The van der Waals surface area contributed by atoms with Crippen molar-refractivity contribution in [2.45, 2.75) is 25.8 Å². The lowest BCUT2D eigenvalue weighted by Crippen LogP contribution is -2.39. The Bertz CT molecular complexity index is 1290. The van der Waals surface area contributed by atoms with Gasteiger partial charge in [0.25, 0.3) is 5.91 Å². The van der Waals surface area contributed by atoms with Gasteiger partial charge in [-0.2, -0.15) is 0 Å². The van der Waals surface area contributed by atoms with Crippen LogP contribution in [0.15, 0.2) is 73.1 Å². The molecule has 0 saturated carbocycles. The molecule has 8 nitrogen and oxygen atoms in total. The van der Waals surface area contributed by atoms with Gasteiger partial charge in [0.1, 0.15) is 11.9 Å². The van der Waals surface area contributed by atoms with E-state index in [9.17, 15) is 18.8 Å². The first-order valence-electron chi connectivity index (χ1n) is 11.7. The van der Waals surface area contributed by atoms with Crippen LogP contribution in [0, 0.1) is 5.82 Å². The van der Waals surface area contributed by atoms with E-state index < -0.39 is 23.7 Å². The minimum Gasteiger partial charge on any atom is -0.462 e. The lowest BCUT2D eigenvalue weighted by atomic mass is 10.1. The summed E-state index contributed by atoms with van der Waals surface area (Å²) in [6, 6.07) is 14.7. The Labute approximate surface area is 219 Å². The van der Waals surface area contributed by atoms with E-state index in [4.69, 9.17) is 17.0 Å². The standard InChI is InChI=1S/C27H25FN4O4S/c1-2-36-26(35)19-3-9-22(10-4-19)32-25(34)23(17-24(33)30-21-7-5-20(28)6-8-21)31(27(32)37)16-13-18-11-14-29-15-12-18/h3-12,14-15,23H,2,13,16-17H2,1H3,(H,30,33). The van der Waals surface area contributed by atoms with Gasteiger partial charge in [-0.05, 0) is 91.8 Å². The quantitative estimate of drug-likeness (QED) is 0.337. The van der Waals surface area contributed by atoms with Crippen LogP contribution < -0.4 is 10.2 Å². The number of carbonyl (C=O) groups is 3. The molecule has 0 bridgehead atoms. The van der Waals surface area contributed by atoms with Crippen LogP contribution in [-0.4, -0.2) is 52.0 Å². The van der Waals surface area contributed by atoms with E-state index in [-0.39, 0.29) is 24.0 Å². The number of hydrogen-bond acceptors (Lipinski definition) is 6. The van der Waals surface area contributed by atoms with Crippen molar-refractivity contribution in [2.75, 3.05) is 23.4 Å². The molecule has 0 radical (unpaired) electrons. The Morgan fingerprint density at radius 3 is 2.38 bits per heavy atom. The highest BCUT2D eigenvalue weighted by atomic mass is 32.1. The summed E-state index contributed by atoms with van der Waals surface area (Å²) in [4.78, 5) is 45.6. The van der Waals surface area contributed by atoms with Crippen LogP contribution in [0.25, 0.3) is 0 Å². The second kappa shape index (κ2) is 11.7. The average Bonchev–Trinajstić information content (AvgIpc) is 3.13. The minimum atomic E-state index is -0.834. The molecule has 190 valence electrons. The maximum atomic E-state index is 13.6. The number of nitrogens with zero attached hydrogens (tertiary/aromatic N) is 3. The van der Waals surface area contributed by atoms with Gasteiger partial charge in [0, 0.05) is 24.6 Å². The number of thiocarbonyl (C=S) groups is 1. The Kier molecular flexibility index (Phi) is 8.19. The number of hydrogen-bond donors (Lipinski definition) is 1. The van der Waals surface area contributed by atoms with E-state index in [1.54, 1.807) is 48.5 Å². The maximum absolute atomic E-state index is 13.6. The third-order valence-electron chi connectivity index (χ3n) is 5.85. The summed E-state index contributed by atoms with van der Waals surface area (Å²) in [5.41, 5.74) is 2.28. The van der Waals surface area contributed by atoms with Crippen LogP contribution in [0.4, 0.5) is 15.8 Å². The second-order valence-electron chi connectivity index (χ2n) is 8.30. The normalized spacial score (nSPS) is 15.1. The number of rotatable bonds is 9. The van der Waals surface area contributed by atoms with Crippen LogP contribution in [0.3, 0.4) is 0 Å². The lowest BCUT2D eigenvalue weighted by Gasteiger charge is -2.24. The van der Waals surface area contributed by atoms with Crippen molar-refractivity contribution in [3.8, 4) is 0 Å². The van der Waals surface area contributed by atoms with E-state index in [2.05, 4.69) is 10.3 Å². The molecule has 1 aromatic heterocycles. The van der Waals surface area contributed by atoms with Crippen molar-refractivity contribution in [3.63, 3.8) is 0 Å². The first-order valence-corrected chi connectivity index (χ1v) is 12.1. The molecule has 1 aliphatic heterocycles. The minimum absolute atomic E-state index is 0.149. The highest BCUT2D eigenvalue weighted by Crippen LogP contribution is 2.28. The molecule has 1 N–H and O–H groups in total. The van der Waals surface area contributed by atoms with Crippen molar-refractivity contribution in [3.05, 3.63) is 90.0 Å². The Hall–Kier alpha value is -4.18. The summed E-state index contributed by atoms with van der Waals surface area (Å²) >= 11 is 5.69. The van der Waals surface area contributed by atoms with Crippen molar-refractivity contribution >= 4 is 46.5 Å². The summed E-state index contributed by atoms with van der Waals surface area (Å²) in [7, 11) is 0. The first kappa shape index (κ1) is 25.9. The molecule has 1 saturated heterocycles. The largest absolute Gasteiger partial charge is 0.462 e. The number of pyridine rings is 1. The van der Waals surface area contributed by atoms with Crippen LogP contribution in [-0.2, 0) is 20.7 Å². The third-order valence-corrected chi connectivity index (χ3v) is 6.27. The summed E-state index contributed by atoms with van der Waals surface area (Å²) in [6.07, 6.45) is 3.81. The molecule has 0 aliphatic carbocycles. The molecule has 2 aromatic carbocycles. The van der Waals surface area contributed by atoms with E-state index in [1.165, 1.54) is 29.2 Å². The zero-order valence-electron chi connectivity index (χ0n) is 20.1. The fraction of sp³-hybridized carbons (Fsp3) is 0.222. The van der Waals surface area contributed by atoms with Crippen LogP contribution in [0.2, 0.25) is 0 Å². The number of amides is 2. The van der Waals surface area contributed by atoms with E-state index in [0.717, 1.165) is 5.56 Å². The van der Waals surface area contributed by atoms with Gasteiger partial charge in [-0.1, -0.05) is 0 Å². The molecule has 0 spiro atoms. The first-order chi connectivity index (χ1) is 17.9. The molecule has 1 aliphatic rings. The monoisotopic (exact) mass is 520 g/mol. The summed E-state index contributed by atoms with van der Waals surface area (Å²) in [6.45, 7) is 2.38. The number of halogens is 1. The lowest BCUT2D eigenvalue weighted by molar-refractivity contribution is -0.124. The Morgan fingerprint density at radius 1 is 1.05 bits per heavy atom. The van der Waals surface area contributed by atoms with Gasteiger partial charge in [0.2, 0.25) is 5.91 Å². The average molecular weight is 521 g/mol. The van der Waals surface area contributed by atoms with Gasteiger partial charge >= 0.3 is 5.97 Å². The van der Waals surface area contributed by atoms with Crippen LogP contribution in [0.5, 0.6) is 0 Å². The maximum Gasteiger partial charge on any atom is 0.338 e. The Balaban J connectivity index is 1.55. The molecule has 1 atom stereocenters. The third kappa shape index (κ3) is 6.15. The molecular formula is C27H25FN4O4S. The van der Waals surface area contributed by atoms with Crippen molar-refractivity contribution in [1.29, 1.82) is 0 Å². The van der Waals surface area contributed by atoms with Crippen molar-refractivity contribution in [2.24, 2.45) is 0 Å². The van der Waals surface area contributed by atoms with E-state index in [0.29, 0.717) is 29.9 Å². The van der Waals surface area contributed by atoms with Crippen LogP contribution in [0.1, 0.15) is 29.3 Å². The molecular weight excluding hydrogens is 495 g/mol. The SMILES string of the molecule is CCOC(=O)c1ccc(N2C(=O)C(CC(=O)Nc3ccc(F)cc3)N(CCc3ccncc3)C2=S)cc1.